The monoisotopic (exact) mass is 415 g/mol. The van der Waals surface area contributed by atoms with E-state index < -0.39 is 10.0 Å². The van der Waals surface area contributed by atoms with Crippen molar-refractivity contribution in [2.75, 3.05) is 20.1 Å². The standard InChI is InChI=1S/C21H25N3O4S/c1-22-21(25)23-13-11-17-18(12-14-23)28-19-9-5-6-10-20(19)29(26,27)24(17)15-16-7-3-2-4-8-16/h2-10,17-18H,11-15H2,1H3,(H,22,25)/t17-,18-/m1/s1. The number of sulfonamides is 1. The number of carbonyl (C=O) groups excluding carboxylic acids is 1. The molecule has 29 heavy (non-hydrogen) atoms. The topological polar surface area (TPSA) is 79.0 Å². The first-order chi connectivity index (χ1) is 14.0. The minimum absolute atomic E-state index is 0.153. The predicted molar refractivity (Wildman–Crippen MR) is 109 cm³/mol. The van der Waals surface area contributed by atoms with Gasteiger partial charge in [-0.05, 0) is 24.1 Å². The summed E-state index contributed by atoms with van der Waals surface area (Å²) in [5.74, 6) is 0.381. The molecule has 2 amide bonds. The van der Waals surface area contributed by atoms with Gasteiger partial charge in [0.1, 0.15) is 16.7 Å². The van der Waals surface area contributed by atoms with Crippen LogP contribution in [0.3, 0.4) is 0 Å². The number of likely N-dealkylation sites (tertiary alicyclic amines) is 1. The minimum Gasteiger partial charge on any atom is -0.487 e. The van der Waals surface area contributed by atoms with Gasteiger partial charge in [0, 0.05) is 33.1 Å². The second-order valence-corrected chi connectivity index (χ2v) is 9.18. The van der Waals surface area contributed by atoms with Crippen LogP contribution in [-0.4, -0.2) is 55.9 Å². The number of nitrogens with zero attached hydrogens (tertiary/aromatic N) is 2. The first-order valence-corrected chi connectivity index (χ1v) is 11.2. The number of ether oxygens (including phenoxy) is 1. The highest BCUT2D eigenvalue weighted by atomic mass is 32.2. The van der Waals surface area contributed by atoms with Crippen molar-refractivity contribution in [1.82, 2.24) is 14.5 Å². The number of rotatable bonds is 2. The van der Waals surface area contributed by atoms with Crippen LogP contribution in [0.2, 0.25) is 0 Å². The first-order valence-electron chi connectivity index (χ1n) is 9.79. The Morgan fingerprint density at radius 3 is 2.52 bits per heavy atom. The van der Waals surface area contributed by atoms with E-state index >= 15 is 0 Å². The molecule has 1 N–H and O–H groups in total. The molecule has 2 aromatic rings. The highest BCUT2D eigenvalue weighted by molar-refractivity contribution is 7.89. The Balaban J connectivity index is 1.75. The summed E-state index contributed by atoms with van der Waals surface area (Å²) in [5.41, 5.74) is 0.918. The number of benzene rings is 2. The molecular weight excluding hydrogens is 390 g/mol. The Bertz CT molecular complexity index is 980. The van der Waals surface area contributed by atoms with Gasteiger partial charge in [-0.15, -0.1) is 0 Å². The number of urea groups is 1. The summed E-state index contributed by atoms with van der Waals surface area (Å²) in [6.07, 6.45) is 0.748. The van der Waals surface area contributed by atoms with Gasteiger partial charge in [0.25, 0.3) is 0 Å². The fourth-order valence-electron chi connectivity index (χ4n) is 4.08. The summed E-state index contributed by atoms with van der Waals surface area (Å²) < 4.78 is 35.0. The lowest BCUT2D eigenvalue weighted by Crippen LogP contribution is -2.46. The van der Waals surface area contributed by atoms with Crippen molar-refractivity contribution in [2.45, 2.75) is 36.4 Å². The zero-order valence-corrected chi connectivity index (χ0v) is 17.1. The molecule has 0 aliphatic carbocycles. The van der Waals surface area contributed by atoms with E-state index in [1.165, 1.54) is 0 Å². The fraction of sp³-hybridized carbons (Fsp3) is 0.381. The summed E-state index contributed by atoms with van der Waals surface area (Å²) in [4.78, 5) is 14.1. The van der Waals surface area contributed by atoms with Crippen LogP contribution in [0.25, 0.3) is 0 Å². The third-order valence-electron chi connectivity index (χ3n) is 5.57. The van der Waals surface area contributed by atoms with Crippen molar-refractivity contribution < 1.29 is 17.9 Å². The van der Waals surface area contributed by atoms with Gasteiger partial charge in [0.15, 0.2) is 0 Å². The molecule has 0 radical (unpaired) electrons. The number of nitrogens with one attached hydrogen (secondary N) is 1. The number of hydrogen-bond donors (Lipinski definition) is 1. The van der Waals surface area contributed by atoms with Gasteiger partial charge in [0.2, 0.25) is 10.0 Å². The van der Waals surface area contributed by atoms with Crippen molar-refractivity contribution in [3.63, 3.8) is 0 Å². The number of fused-ring (bicyclic) bond motifs is 2. The molecule has 154 valence electrons. The van der Waals surface area contributed by atoms with Crippen molar-refractivity contribution in [1.29, 1.82) is 0 Å². The number of carbonyl (C=O) groups is 1. The van der Waals surface area contributed by atoms with Crippen LogP contribution in [0.5, 0.6) is 5.75 Å². The molecule has 0 spiro atoms. The van der Waals surface area contributed by atoms with E-state index in [1.807, 2.05) is 30.3 Å². The number of amides is 2. The third-order valence-corrected chi connectivity index (χ3v) is 7.48. The van der Waals surface area contributed by atoms with E-state index in [2.05, 4.69) is 5.32 Å². The quantitative estimate of drug-likeness (QED) is 0.817. The van der Waals surface area contributed by atoms with Crippen molar-refractivity contribution in [3.05, 3.63) is 60.2 Å². The molecule has 2 aromatic carbocycles. The molecule has 1 saturated heterocycles. The molecule has 2 atom stereocenters. The molecule has 0 saturated carbocycles. The van der Waals surface area contributed by atoms with E-state index in [9.17, 15) is 13.2 Å². The average molecular weight is 416 g/mol. The Morgan fingerprint density at radius 1 is 1.07 bits per heavy atom. The van der Waals surface area contributed by atoms with Crippen LogP contribution < -0.4 is 10.1 Å². The van der Waals surface area contributed by atoms with E-state index in [4.69, 9.17) is 4.74 Å². The van der Waals surface area contributed by atoms with Gasteiger partial charge in [-0.2, -0.15) is 4.31 Å². The van der Waals surface area contributed by atoms with Gasteiger partial charge in [0.05, 0.1) is 6.04 Å². The van der Waals surface area contributed by atoms with Crippen LogP contribution in [-0.2, 0) is 16.6 Å². The Kier molecular flexibility index (Phi) is 5.47. The number of hydrogen-bond acceptors (Lipinski definition) is 4. The van der Waals surface area contributed by atoms with Gasteiger partial charge < -0.3 is 15.0 Å². The summed E-state index contributed by atoms with van der Waals surface area (Å²) >= 11 is 0. The molecule has 2 aliphatic rings. The normalized spacial score (nSPS) is 23.7. The number of para-hydroxylation sites is 1. The van der Waals surface area contributed by atoms with Crippen molar-refractivity contribution >= 4 is 16.1 Å². The highest BCUT2D eigenvalue weighted by Crippen LogP contribution is 2.37. The van der Waals surface area contributed by atoms with Crippen molar-refractivity contribution in [3.8, 4) is 5.75 Å². The zero-order chi connectivity index (χ0) is 20.4. The average Bonchev–Trinajstić information content (AvgIpc) is 2.98. The van der Waals surface area contributed by atoms with Crippen molar-refractivity contribution in [2.24, 2.45) is 0 Å². The molecule has 0 aromatic heterocycles. The van der Waals surface area contributed by atoms with Crippen LogP contribution in [0.4, 0.5) is 4.79 Å². The van der Waals surface area contributed by atoms with Gasteiger partial charge >= 0.3 is 6.03 Å². The van der Waals surface area contributed by atoms with Gasteiger partial charge in [-0.3, -0.25) is 0 Å². The second-order valence-electron chi connectivity index (χ2n) is 7.33. The molecule has 4 rings (SSSR count). The lowest BCUT2D eigenvalue weighted by molar-refractivity contribution is 0.110. The zero-order valence-electron chi connectivity index (χ0n) is 16.3. The highest BCUT2D eigenvalue weighted by Gasteiger charge is 2.43. The fourth-order valence-corrected chi connectivity index (χ4v) is 5.87. The van der Waals surface area contributed by atoms with Crippen LogP contribution >= 0.6 is 0 Å². The lowest BCUT2D eigenvalue weighted by Gasteiger charge is -2.31. The lowest BCUT2D eigenvalue weighted by atomic mass is 10.1. The van der Waals surface area contributed by atoms with E-state index in [0.717, 1.165) is 5.56 Å². The first kappa shape index (κ1) is 19.7. The second kappa shape index (κ2) is 8.04. The molecule has 2 aliphatic heterocycles. The minimum atomic E-state index is -3.76. The Morgan fingerprint density at radius 2 is 1.76 bits per heavy atom. The van der Waals surface area contributed by atoms with Gasteiger partial charge in [-0.25, -0.2) is 13.2 Å². The summed E-state index contributed by atoms with van der Waals surface area (Å²) in [5, 5.41) is 2.65. The summed E-state index contributed by atoms with van der Waals surface area (Å²) in [6.45, 7) is 1.26. The molecule has 8 heteroatoms. The molecule has 2 heterocycles. The van der Waals surface area contributed by atoms with Crippen LogP contribution in [0.1, 0.15) is 18.4 Å². The van der Waals surface area contributed by atoms with E-state index in [0.29, 0.717) is 31.7 Å². The van der Waals surface area contributed by atoms with E-state index in [-0.39, 0.29) is 29.6 Å². The van der Waals surface area contributed by atoms with Gasteiger partial charge in [-0.1, -0.05) is 42.5 Å². The molecule has 7 nitrogen and oxygen atoms in total. The summed E-state index contributed by atoms with van der Waals surface area (Å²) in [7, 11) is -2.16. The van der Waals surface area contributed by atoms with Crippen LogP contribution in [0.15, 0.2) is 59.5 Å². The summed E-state index contributed by atoms with van der Waals surface area (Å²) in [6, 6.07) is 15.9. The maximum atomic E-state index is 13.6. The molecular formula is C21H25N3O4S. The largest absolute Gasteiger partial charge is 0.487 e. The molecule has 0 bridgehead atoms. The SMILES string of the molecule is CNC(=O)N1CC[C@@H]2[C@@H](CC1)Oc1ccccc1S(=O)(=O)N2Cc1ccccc1. The van der Waals surface area contributed by atoms with Crippen LogP contribution in [0, 0.1) is 0 Å². The Labute approximate surface area is 171 Å². The maximum absolute atomic E-state index is 13.6. The smallest absolute Gasteiger partial charge is 0.317 e. The molecule has 1 fully saturated rings. The maximum Gasteiger partial charge on any atom is 0.317 e. The Hall–Kier alpha value is -2.58. The molecule has 0 unspecified atom stereocenters. The van der Waals surface area contributed by atoms with E-state index in [1.54, 1.807) is 40.5 Å². The predicted octanol–water partition coefficient (Wildman–Crippen LogP) is 2.44. The third kappa shape index (κ3) is 3.82.